The largest absolute Gasteiger partial charge is 0.457 e. The van der Waals surface area contributed by atoms with Crippen molar-refractivity contribution in [1.82, 2.24) is 9.38 Å². The number of hydrogen-bond donors (Lipinski definition) is 0. The van der Waals surface area contributed by atoms with Gasteiger partial charge < -0.3 is 14.5 Å². The highest BCUT2D eigenvalue weighted by atomic mass is 16.5. The monoisotopic (exact) mass is 518 g/mol. The molecule has 0 atom stereocenters. The zero-order valence-electron chi connectivity index (χ0n) is 22.0. The maximum atomic E-state index is 6.48. The van der Waals surface area contributed by atoms with Crippen LogP contribution in [0.4, 0.5) is 17.1 Å². The molecule has 5 nitrogen and oxygen atoms in total. The molecule has 0 saturated carbocycles. The van der Waals surface area contributed by atoms with Crippen molar-refractivity contribution in [3.05, 3.63) is 128 Å². The van der Waals surface area contributed by atoms with Gasteiger partial charge in [-0.2, -0.15) is 0 Å². The summed E-state index contributed by atoms with van der Waals surface area (Å²) >= 11 is 0. The number of ether oxygens (including phenoxy) is 1. The van der Waals surface area contributed by atoms with Gasteiger partial charge in [-0.15, -0.1) is 0 Å². The van der Waals surface area contributed by atoms with Crippen LogP contribution in [-0.2, 0) is 0 Å². The van der Waals surface area contributed by atoms with Gasteiger partial charge in [0, 0.05) is 35.1 Å². The minimum Gasteiger partial charge on any atom is -0.457 e. The molecule has 2 aromatic heterocycles. The van der Waals surface area contributed by atoms with E-state index in [1.54, 1.807) is 0 Å². The normalized spacial score (nSPS) is 12.9. The van der Waals surface area contributed by atoms with Crippen LogP contribution in [0.1, 0.15) is 0 Å². The third kappa shape index (κ3) is 3.52. The van der Waals surface area contributed by atoms with Crippen LogP contribution in [0, 0.1) is 0 Å². The lowest BCUT2D eigenvalue weighted by Crippen LogP contribution is -2.23. The van der Waals surface area contributed by atoms with E-state index in [2.05, 4.69) is 130 Å². The van der Waals surface area contributed by atoms with Crippen LogP contribution in [0.3, 0.4) is 0 Å². The number of rotatable bonds is 4. The first-order chi connectivity index (χ1) is 19.7. The molecule has 7 aromatic rings. The molecule has 5 heteroatoms. The Morgan fingerprint density at radius 2 is 1.43 bits per heavy atom. The summed E-state index contributed by atoms with van der Waals surface area (Å²) in [4.78, 5) is 9.49. The molecule has 1 aliphatic rings. The summed E-state index contributed by atoms with van der Waals surface area (Å²) in [5.41, 5.74) is 7.80. The van der Waals surface area contributed by atoms with Gasteiger partial charge in [0.2, 0.25) is 0 Å². The Hall–Kier alpha value is -5.29. The van der Waals surface area contributed by atoms with Crippen molar-refractivity contribution >= 4 is 44.4 Å². The summed E-state index contributed by atoms with van der Waals surface area (Å²) < 4.78 is 8.74. The van der Waals surface area contributed by atoms with Gasteiger partial charge in [0.25, 0.3) is 0 Å². The molecule has 0 spiro atoms. The second-order valence-corrected chi connectivity index (χ2v) is 10.2. The molecule has 1 aliphatic heterocycles. The topological polar surface area (TPSA) is 33.0 Å². The quantitative estimate of drug-likeness (QED) is 0.218. The number of fused-ring (bicyclic) bond motifs is 7. The van der Waals surface area contributed by atoms with E-state index in [0.717, 1.165) is 57.0 Å². The van der Waals surface area contributed by atoms with Crippen molar-refractivity contribution in [2.75, 3.05) is 23.5 Å². The van der Waals surface area contributed by atoms with Gasteiger partial charge in [-0.05, 0) is 53.9 Å². The molecule has 0 N–H and O–H groups in total. The lowest BCUT2D eigenvalue weighted by molar-refractivity contribution is 0.483. The fourth-order valence-electron chi connectivity index (χ4n) is 5.95. The van der Waals surface area contributed by atoms with Crippen molar-refractivity contribution in [1.29, 1.82) is 0 Å². The molecule has 0 radical (unpaired) electrons. The van der Waals surface area contributed by atoms with Crippen molar-refractivity contribution in [2.24, 2.45) is 0 Å². The third-order valence-corrected chi connectivity index (χ3v) is 7.80. The summed E-state index contributed by atoms with van der Waals surface area (Å²) in [5.74, 6) is 1.58. The Kier molecular flexibility index (Phi) is 5.04. The van der Waals surface area contributed by atoms with Gasteiger partial charge in [0.15, 0.2) is 0 Å². The molecule has 0 amide bonds. The molecule has 8 rings (SSSR count). The van der Waals surface area contributed by atoms with Crippen molar-refractivity contribution in [3.63, 3.8) is 0 Å². The van der Waals surface area contributed by atoms with Gasteiger partial charge in [0.05, 0.1) is 35.5 Å². The first-order valence-corrected chi connectivity index (χ1v) is 13.5. The summed E-state index contributed by atoms with van der Waals surface area (Å²) in [6, 6.07) is 42.1. The molecular formula is C35H26N4O. The number of benzene rings is 5. The van der Waals surface area contributed by atoms with Gasteiger partial charge >= 0.3 is 0 Å². The van der Waals surface area contributed by atoms with Crippen LogP contribution in [-0.4, -0.2) is 23.1 Å². The lowest BCUT2D eigenvalue weighted by atomic mass is 10.1. The molecule has 3 heterocycles. The molecule has 0 saturated heterocycles. The van der Waals surface area contributed by atoms with Crippen LogP contribution >= 0.6 is 0 Å². The molecule has 0 bridgehead atoms. The molecule has 0 fully saturated rings. The van der Waals surface area contributed by atoms with Gasteiger partial charge in [-0.25, -0.2) is 4.98 Å². The predicted molar refractivity (Wildman–Crippen MR) is 164 cm³/mol. The second kappa shape index (κ2) is 8.89. The van der Waals surface area contributed by atoms with E-state index in [1.807, 2.05) is 18.3 Å². The molecule has 192 valence electrons. The average molecular weight is 519 g/mol. The van der Waals surface area contributed by atoms with E-state index in [0.29, 0.717) is 0 Å². The lowest BCUT2D eigenvalue weighted by Gasteiger charge is -2.20. The molecule has 0 unspecified atom stereocenters. The third-order valence-electron chi connectivity index (χ3n) is 7.80. The van der Waals surface area contributed by atoms with Gasteiger partial charge in [-0.3, -0.25) is 4.40 Å². The Labute approximate surface area is 232 Å². The van der Waals surface area contributed by atoms with Crippen molar-refractivity contribution < 1.29 is 4.74 Å². The van der Waals surface area contributed by atoms with Crippen LogP contribution in [0.15, 0.2) is 128 Å². The first kappa shape index (κ1) is 22.7. The number of anilines is 3. The van der Waals surface area contributed by atoms with Crippen LogP contribution in [0.5, 0.6) is 11.5 Å². The van der Waals surface area contributed by atoms with E-state index >= 15 is 0 Å². The van der Waals surface area contributed by atoms with Crippen molar-refractivity contribution in [2.45, 2.75) is 0 Å². The van der Waals surface area contributed by atoms with E-state index in [-0.39, 0.29) is 0 Å². The highest BCUT2D eigenvalue weighted by molar-refractivity contribution is 6.12. The fourth-order valence-corrected chi connectivity index (χ4v) is 5.95. The maximum absolute atomic E-state index is 6.48. The number of para-hydroxylation sites is 3. The SMILES string of the molecule is CN1CN(c2cccc(Oc3ccc4c5ccccc5n5c(-c6ccccc6)cnc5c4c3)c2)c2ccccc21. The van der Waals surface area contributed by atoms with Gasteiger partial charge in [-0.1, -0.05) is 66.7 Å². The minimum atomic E-state index is 0.782. The van der Waals surface area contributed by atoms with E-state index < -0.39 is 0 Å². The second-order valence-electron chi connectivity index (χ2n) is 10.2. The van der Waals surface area contributed by atoms with Crippen LogP contribution in [0.2, 0.25) is 0 Å². The van der Waals surface area contributed by atoms with E-state index in [9.17, 15) is 0 Å². The number of aromatic nitrogens is 2. The Morgan fingerprint density at radius 1 is 0.650 bits per heavy atom. The zero-order chi connectivity index (χ0) is 26.6. The maximum Gasteiger partial charge on any atom is 0.145 e. The van der Waals surface area contributed by atoms with Crippen LogP contribution < -0.4 is 14.5 Å². The average Bonchev–Trinajstić information content (AvgIpc) is 3.60. The number of pyridine rings is 1. The number of imidazole rings is 1. The smallest absolute Gasteiger partial charge is 0.145 e. The van der Waals surface area contributed by atoms with E-state index in [4.69, 9.17) is 9.72 Å². The van der Waals surface area contributed by atoms with Gasteiger partial charge in [0.1, 0.15) is 17.1 Å². The molecular weight excluding hydrogens is 492 g/mol. The van der Waals surface area contributed by atoms with Crippen molar-refractivity contribution in [3.8, 4) is 22.8 Å². The number of hydrogen-bond acceptors (Lipinski definition) is 4. The fraction of sp³-hybridized carbons (Fsp3) is 0.0571. The summed E-state index contributed by atoms with van der Waals surface area (Å²) in [5, 5.41) is 3.40. The molecule has 40 heavy (non-hydrogen) atoms. The highest BCUT2D eigenvalue weighted by Gasteiger charge is 2.24. The first-order valence-electron chi connectivity index (χ1n) is 13.5. The minimum absolute atomic E-state index is 0.782. The standard InChI is InChI=1S/C35H26N4O/c1-37-23-38(33-17-8-7-16-32(33)37)25-12-9-13-26(20-25)40-27-18-19-28-29-14-5-6-15-31(29)39-34(24-10-3-2-4-11-24)22-36-35(39)30(28)21-27/h2-22H,23H2,1H3. The predicted octanol–water partition coefficient (Wildman–Crippen LogP) is 8.65. The molecule has 5 aromatic carbocycles. The summed E-state index contributed by atoms with van der Waals surface area (Å²) in [6.07, 6.45) is 1.97. The number of nitrogens with zero attached hydrogens (tertiary/aromatic N) is 4. The Bertz CT molecular complexity index is 2050. The van der Waals surface area contributed by atoms with Crippen LogP contribution in [0.25, 0.3) is 38.6 Å². The summed E-state index contributed by atoms with van der Waals surface area (Å²) in [7, 11) is 2.12. The zero-order valence-corrected chi connectivity index (χ0v) is 22.0. The Balaban J connectivity index is 1.23. The highest BCUT2D eigenvalue weighted by Crippen LogP contribution is 2.41. The van der Waals surface area contributed by atoms with E-state index in [1.165, 1.54) is 16.8 Å². The summed E-state index contributed by atoms with van der Waals surface area (Å²) in [6.45, 7) is 0.799. The Morgan fingerprint density at radius 3 is 2.33 bits per heavy atom. The molecule has 0 aliphatic carbocycles.